The van der Waals surface area contributed by atoms with Crippen molar-refractivity contribution in [2.45, 2.75) is 86.1 Å². The summed E-state index contributed by atoms with van der Waals surface area (Å²) in [5, 5.41) is 15.0. The molecule has 0 fully saturated rings. The SMILES string of the molecule is CCC(=O)N(CCSCCC(=O)NC(CCCCNC(=O)CCSCCN(CCN(CCN(C)C(C)=O)C(C)=O)C(C)=O)C(=O)O)CCN(CCN(C)C(C)=O)C(C)=O. The summed E-state index contributed by atoms with van der Waals surface area (Å²) in [4.78, 5) is 118. The minimum atomic E-state index is -1.13. The summed E-state index contributed by atoms with van der Waals surface area (Å²) >= 11 is 3.01. The van der Waals surface area contributed by atoms with E-state index < -0.39 is 12.0 Å². The Morgan fingerprint density at radius 3 is 1.36 bits per heavy atom. The highest BCUT2D eigenvalue weighted by Crippen LogP contribution is 2.09. The molecule has 0 aromatic carbocycles. The van der Waals surface area contributed by atoms with E-state index in [4.69, 9.17) is 0 Å². The highest BCUT2D eigenvalue weighted by molar-refractivity contribution is 7.99. The van der Waals surface area contributed by atoms with E-state index in [0.717, 1.165) is 0 Å². The predicted octanol–water partition coefficient (Wildman–Crippen LogP) is 0.830. The molecule has 0 aromatic rings. The summed E-state index contributed by atoms with van der Waals surface area (Å²) in [6.07, 6.45) is 1.93. The Kier molecular flexibility index (Phi) is 29.6. The van der Waals surface area contributed by atoms with Crippen LogP contribution in [0.5, 0.6) is 0 Å². The zero-order chi connectivity index (χ0) is 44.9. The number of hydrogen-bond donors (Lipinski definition) is 3. The largest absolute Gasteiger partial charge is 0.480 e. The first-order chi connectivity index (χ1) is 27.8. The Balaban J connectivity index is 4.42. The van der Waals surface area contributed by atoms with Crippen molar-refractivity contribution in [1.29, 1.82) is 0 Å². The first-order valence-electron chi connectivity index (χ1n) is 20.2. The van der Waals surface area contributed by atoms with Gasteiger partial charge >= 0.3 is 5.97 Å². The van der Waals surface area contributed by atoms with Crippen LogP contribution in [0.15, 0.2) is 0 Å². The van der Waals surface area contributed by atoms with Gasteiger partial charge in [0.2, 0.25) is 47.3 Å². The Bertz CT molecular complexity index is 1370. The van der Waals surface area contributed by atoms with Crippen LogP contribution < -0.4 is 10.6 Å². The lowest BCUT2D eigenvalue weighted by Crippen LogP contribution is -2.44. The summed E-state index contributed by atoms with van der Waals surface area (Å²) in [7, 11) is 3.33. The zero-order valence-electron chi connectivity index (χ0n) is 36.5. The number of carboxylic acid groups (broad SMARTS) is 1. The Morgan fingerprint density at radius 2 is 0.932 bits per heavy atom. The molecule has 338 valence electrons. The number of likely N-dealkylation sites (N-methyl/N-ethyl adjacent to an activating group) is 2. The van der Waals surface area contributed by atoms with Crippen molar-refractivity contribution in [1.82, 2.24) is 40.0 Å². The van der Waals surface area contributed by atoms with E-state index in [1.807, 2.05) is 0 Å². The van der Waals surface area contributed by atoms with Crippen molar-refractivity contribution in [3.05, 3.63) is 0 Å². The number of nitrogens with one attached hydrogen (secondary N) is 2. The third kappa shape index (κ3) is 26.6. The average Bonchev–Trinajstić information content (AvgIpc) is 3.16. The third-order valence-corrected chi connectivity index (χ3v) is 11.5. The first-order valence-corrected chi connectivity index (χ1v) is 22.5. The van der Waals surface area contributed by atoms with Crippen molar-refractivity contribution < 1.29 is 48.3 Å². The number of amides is 8. The van der Waals surface area contributed by atoms with Gasteiger partial charge in [0.1, 0.15) is 6.04 Å². The number of unbranched alkanes of at least 4 members (excludes halogenated alkanes) is 1. The van der Waals surface area contributed by atoms with E-state index in [2.05, 4.69) is 10.6 Å². The van der Waals surface area contributed by atoms with Gasteiger partial charge in [-0.1, -0.05) is 6.92 Å². The van der Waals surface area contributed by atoms with Gasteiger partial charge in [-0.2, -0.15) is 23.5 Å². The van der Waals surface area contributed by atoms with Crippen LogP contribution in [-0.2, 0) is 43.2 Å². The quantitative estimate of drug-likeness (QED) is 0.0802. The van der Waals surface area contributed by atoms with Crippen LogP contribution in [0.1, 0.15) is 80.1 Å². The minimum absolute atomic E-state index is 0.0542. The Hall–Kier alpha value is -4.07. The summed E-state index contributed by atoms with van der Waals surface area (Å²) in [5.74, 6) is -0.128. The van der Waals surface area contributed by atoms with Crippen LogP contribution in [0.2, 0.25) is 0 Å². The molecular formula is C39H70N8O10S2. The van der Waals surface area contributed by atoms with Crippen molar-refractivity contribution in [2.75, 3.05) is 109 Å². The van der Waals surface area contributed by atoms with Gasteiger partial charge in [-0.15, -0.1) is 0 Å². The monoisotopic (exact) mass is 874 g/mol. The maximum Gasteiger partial charge on any atom is 0.326 e. The summed E-state index contributed by atoms with van der Waals surface area (Å²) in [6.45, 7) is 13.3. The van der Waals surface area contributed by atoms with Gasteiger partial charge in [-0.3, -0.25) is 38.4 Å². The van der Waals surface area contributed by atoms with Crippen molar-refractivity contribution in [2.24, 2.45) is 0 Å². The molecule has 3 N–H and O–H groups in total. The number of nitrogens with zero attached hydrogens (tertiary/aromatic N) is 6. The molecule has 1 atom stereocenters. The molecule has 8 amide bonds. The molecule has 0 heterocycles. The lowest BCUT2D eigenvalue weighted by Gasteiger charge is -2.28. The minimum Gasteiger partial charge on any atom is -0.480 e. The lowest BCUT2D eigenvalue weighted by atomic mass is 10.1. The second kappa shape index (κ2) is 31.8. The van der Waals surface area contributed by atoms with Gasteiger partial charge in [0.25, 0.3) is 0 Å². The predicted molar refractivity (Wildman–Crippen MR) is 231 cm³/mol. The molecular weight excluding hydrogens is 805 g/mol. The molecule has 0 rings (SSSR count). The fourth-order valence-corrected chi connectivity index (χ4v) is 7.17. The zero-order valence-corrected chi connectivity index (χ0v) is 38.2. The molecule has 0 aliphatic heterocycles. The topological polar surface area (TPSA) is 217 Å². The van der Waals surface area contributed by atoms with Crippen LogP contribution in [0.25, 0.3) is 0 Å². The smallest absolute Gasteiger partial charge is 0.326 e. The normalized spacial score (nSPS) is 11.2. The van der Waals surface area contributed by atoms with Gasteiger partial charge < -0.3 is 45.1 Å². The number of aliphatic carboxylic acids is 1. The van der Waals surface area contributed by atoms with Gasteiger partial charge in [0.05, 0.1) is 0 Å². The average molecular weight is 875 g/mol. The number of thioether (sulfide) groups is 2. The van der Waals surface area contributed by atoms with Gasteiger partial charge in [0.15, 0.2) is 0 Å². The lowest BCUT2D eigenvalue weighted by molar-refractivity contribution is -0.142. The Morgan fingerprint density at radius 1 is 0.525 bits per heavy atom. The third-order valence-electron chi connectivity index (χ3n) is 9.59. The van der Waals surface area contributed by atoms with Gasteiger partial charge in [0, 0.05) is 163 Å². The van der Waals surface area contributed by atoms with Crippen LogP contribution in [0, 0.1) is 0 Å². The van der Waals surface area contributed by atoms with Gasteiger partial charge in [-0.25, -0.2) is 4.79 Å². The number of carbonyl (C=O) groups is 9. The first kappa shape index (κ1) is 54.9. The van der Waals surface area contributed by atoms with Crippen LogP contribution in [-0.4, -0.2) is 203 Å². The second-order valence-corrected chi connectivity index (χ2v) is 16.6. The molecule has 0 aliphatic carbocycles. The molecule has 0 aromatic heterocycles. The Labute approximate surface area is 359 Å². The molecule has 18 nitrogen and oxygen atoms in total. The standard InChI is InChI=1S/C39H70N8O10S2/c1-9-38(55)47(23-22-45(33(5)51)19-17-43(8)31(3)49)25-29-59-27-14-37(54)41-35(39(56)57)12-10-11-15-40-36(53)13-26-58-28-24-46(34(6)52)21-20-44(32(4)50)18-16-42(7)30(2)48/h35H,9-29H2,1-8H3,(H,40,53)(H,41,54)(H,56,57). The van der Waals surface area contributed by atoms with Crippen molar-refractivity contribution in [3.8, 4) is 0 Å². The number of rotatable bonds is 32. The molecule has 0 radical (unpaired) electrons. The van der Waals surface area contributed by atoms with Gasteiger partial charge in [-0.05, 0) is 19.3 Å². The number of hydrogen-bond acceptors (Lipinski definition) is 11. The fourth-order valence-electron chi connectivity index (χ4n) is 5.40. The van der Waals surface area contributed by atoms with Crippen LogP contribution >= 0.6 is 23.5 Å². The molecule has 0 spiro atoms. The molecule has 0 saturated heterocycles. The van der Waals surface area contributed by atoms with Crippen LogP contribution in [0.4, 0.5) is 0 Å². The van der Waals surface area contributed by atoms with Crippen molar-refractivity contribution in [3.63, 3.8) is 0 Å². The molecule has 59 heavy (non-hydrogen) atoms. The van der Waals surface area contributed by atoms with E-state index in [-0.39, 0.29) is 66.5 Å². The number of carboxylic acids is 1. The summed E-state index contributed by atoms with van der Waals surface area (Å²) < 4.78 is 0. The van der Waals surface area contributed by atoms with E-state index in [1.165, 1.54) is 67.9 Å². The molecule has 0 bridgehead atoms. The fraction of sp³-hybridized carbons (Fsp3) is 0.769. The van der Waals surface area contributed by atoms with E-state index in [0.29, 0.717) is 114 Å². The molecule has 1 unspecified atom stereocenters. The summed E-state index contributed by atoms with van der Waals surface area (Å²) in [6, 6.07) is -1.05. The van der Waals surface area contributed by atoms with Crippen molar-refractivity contribution >= 4 is 76.8 Å². The molecule has 0 saturated carbocycles. The highest BCUT2D eigenvalue weighted by atomic mass is 32.2. The molecule has 0 aliphatic rings. The maximum absolute atomic E-state index is 12.5. The number of carbonyl (C=O) groups excluding carboxylic acids is 8. The van der Waals surface area contributed by atoms with E-state index in [1.54, 1.807) is 40.6 Å². The summed E-state index contributed by atoms with van der Waals surface area (Å²) in [5.41, 5.74) is 0. The maximum atomic E-state index is 12.5. The van der Waals surface area contributed by atoms with E-state index >= 15 is 0 Å². The highest BCUT2D eigenvalue weighted by Gasteiger charge is 2.20. The second-order valence-electron chi connectivity index (χ2n) is 14.2. The van der Waals surface area contributed by atoms with Crippen LogP contribution in [0.3, 0.4) is 0 Å². The molecule has 20 heteroatoms. The van der Waals surface area contributed by atoms with E-state index in [9.17, 15) is 48.3 Å².